The average molecular weight is 357 g/mol. The molecule has 2 aliphatic heterocycles. The maximum absolute atomic E-state index is 5.35. The van der Waals surface area contributed by atoms with Gasteiger partial charge in [0.1, 0.15) is 11.6 Å². The minimum absolute atomic E-state index is 0.443. The van der Waals surface area contributed by atoms with Gasteiger partial charge in [-0.15, -0.1) is 10.2 Å². The number of anilines is 1. The molecule has 2 aromatic rings. The van der Waals surface area contributed by atoms with Crippen LogP contribution in [-0.4, -0.2) is 62.9 Å². The zero-order chi connectivity index (χ0) is 17.9. The summed E-state index contributed by atoms with van der Waals surface area (Å²) < 4.78 is 7.56. The lowest BCUT2D eigenvalue weighted by atomic mass is 9.96. The second-order valence-corrected chi connectivity index (χ2v) is 7.17. The first-order valence-electron chi connectivity index (χ1n) is 9.46. The minimum atomic E-state index is 0.443. The number of piperidine rings is 1. The molecular weight excluding hydrogens is 330 g/mol. The van der Waals surface area contributed by atoms with Gasteiger partial charge in [0.05, 0.1) is 13.7 Å². The number of hydrogen-bond acceptors (Lipinski definition) is 7. The Labute approximate surface area is 154 Å². The van der Waals surface area contributed by atoms with Crippen LogP contribution >= 0.6 is 0 Å². The number of ether oxygens (including phenoxy) is 1. The van der Waals surface area contributed by atoms with E-state index < -0.39 is 0 Å². The molecule has 0 amide bonds. The van der Waals surface area contributed by atoms with Gasteiger partial charge in [0.15, 0.2) is 5.82 Å². The molecule has 2 aromatic heterocycles. The van der Waals surface area contributed by atoms with Gasteiger partial charge < -0.3 is 14.2 Å². The first-order chi connectivity index (χ1) is 12.8. The third-order valence-electron chi connectivity index (χ3n) is 5.56. The van der Waals surface area contributed by atoms with Gasteiger partial charge in [-0.1, -0.05) is 0 Å². The number of aromatic nitrogens is 5. The first-order valence-corrected chi connectivity index (χ1v) is 9.46. The van der Waals surface area contributed by atoms with Crippen molar-refractivity contribution in [2.45, 2.75) is 38.1 Å². The van der Waals surface area contributed by atoms with Gasteiger partial charge in [-0.25, -0.2) is 9.97 Å². The zero-order valence-corrected chi connectivity index (χ0v) is 15.6. The van der Waals surface area contributed by atoms with Crippen molar-refractivity contribution in [3.05, 3.63) is 24.0 Å². The highest BCUT2D eigenvalue weighted by Gasteiger charge is 2.27. The molecule has 0 atom stereocenters. The fourth-order valence-corrected chi connectivity index (χ4v) is 4.04. The van der Waals surface area contributed by atoms with Crippen molar-refractivity contribution in [3.8, 4) is 5.88 Å². The fourth-order valence-electron chi connectivity index (χ4n) is 4.04. The van der Waals surface area contributed by atoms with E-state index in [-0.39, 0.29) is 0 Å². The number of rotatable bonds is 5. The predicted molar refractivity (Wildman–Crippen MR) is 98.3 cm³/mol. The number of hydrogen-bond donors (Lipinski definition) is 0. The highest BCUT2D eigenvalue weighted by atomic mass is 16.5. The van der Waals surface area contributed by atoms with Crippen LogP contribution in [0.3, 0.4) is 0 Å². The molecule has 4 rings (SSSR count). The monoisotopic (exact) mass is 357 g/mol. The summed E-state index contributed by atoms with van der Waals surface area (Å²) in [7, 11) is 3.75. The van der Waals surface area contributed by atoms with Crippen LogP contribution in [0.1, 0.15) is 43.3 Å². The van der Waals surface area contributed by atoms with E-state index >= 15 is 0 Å². The largest absolute Gasteiger partial charge is 0.478 e. The molecule has 0 aliphatic carbocycles. The van der Waals surface area contributed by atoms with E-state index in [0.29, 0.717) is 11.8 Å². The lowest BCUT2D eigenvalue weighted by molar-refractivity contribution is 0.317. The fraction of sp³-hybridized carbons (Fsp3) is 0.667. The predicted octanol–water partition coefficient (Wildman–Crippen LogP) is 1.59. The van der Waals surface area contributed by atoms with Crippen LogP contribution < -0.4 is 9.64 Å². The Kier molecular flexibility index (Phi) is 5.01. The van der Waals surface area contributed by atoms with Gasteiger partial charge >= 0.3 is 0 Å². The van der Waals surface area contributed by atoms with Crippen molar-refractivity contribution in [1.29, 1.82) is 0 Å². The molecule has 140 valence electrons. The maximum Gasteiger partial charge on any atom is 0.257 e. The van der Waals surface area contributed by atoms with Crippen molar-refractivity contribution in [2.75, 3.05) is 38.2 Å². The summed E-state index contributed by atoms with van der Waals surface area (Å²) >= 11 is 0. The van der Waals surface area contributed by atoms with Gasteiger partial charge in [0.2, 0.25) is 0 Å². The van der Waals surface area contributed by atoms with Crippen LogP contribution in [0, 0.1) is 0 Å². The lowest BCUT2D eigenvalue weighted by Crippen LogP contribution is -2.34. The van der Waals surface area contributed by atoms with E-state index in [0.717, 1.165) is 49.9 Å². The van der Waals surface area contributed by atoms with E-state index in [1.54, 1.807) is 19.5 Å². The zero-order valence-electron chi connectivity index (χ0n) is 15.6. The summed E-state index contributed by atoms with van der Waals surface area (Å²) in [5.74, 6) is 4.07. The summed E-state index contributed by atoms with van der Waals surface area (Å²) in [4.78, 5) is 13.4. The van der Waals surface area contributed by atoms with Crippen LogP contribution in [0.2, 0.25) is 0 Å². The number of nitrogens with zero attached hydrogens (tertiary/aromatic N) is 7. The van der Waals surface area contributed by atoms with Gasteiger partial charge in [0.25, 0.3) is 5.88 Å². The van der Waals surface area contributed by atoms with Crippen molar-refractivity contribution < 1.29 is 4.74 Å². The second-order valence-electron chi connectivity index (χ2n) is 7.17. The molecule has 0 aromatic carbocycles. The molecule has 2 saturated heterocycles. The van der Waals surface area contributed by atoms with E-state index in [1.165, 1.54) is 25.9 Å². The smallest absolute Gasteiger partial charge is 0.257 e. The lowest BCUT2D eigenvalue weighted by Gasteiger charge is -2.32. The topological polar surface area (TPSA) is 72.2 Å². The highest BCUT2D eigenvalue weighted by molar-refractivity contribution is 5.48. The summed E-state index contributed by atoms with van der Waals surface area (Å²) in [5, 5.41) is 9.00. The molecule has 4 heterocycles. The van der Waals surface area contributed by atoms with Crippen molar-refractivity contribution in [3.63, 3.8) is 0 Å². The summed E-state index contributed by atoms with van der Waals surface area (Å²) in [5.41, 5.74) is 0. The average Bonchev–Trinajstić information content (AvgIpc) is 3.33. The summed E-state index contributed by atoms with van der Waals surface area (Å²) in [6.07, 6.45) is 8.06. The molecule has 0 spiro atoms. The quantitative estimate of drug-likeness (QED) is 0.805. The van der Waals surface area contributed by atoms with Crippen LogP contribution in [0.15, 0.2) is 12.4 Å². The van der Waals surface area contributed by atoms with E-state index in [1.807, 2.05) is 0 Å². The highest BCUT2D eigenvalue weighted by Crippen LogP contribution is 2.31. The van der Waals surface area contributed by atoms with Gasteiger partial charge in [-0.05, 0) is 38.8 Å². The normalized spacial score (nSPS) is 19.2. The summed E-state index contributed by atoms with van der Waals surface area (Å²) in [6.45, 7) is 5.13. The summed E-state index contributed by atoms with van der Waals surface area (Å²) in [6, 6.07) is 0. The molecule has 0 bridgehead atoms. The molecule has 8 heteroatoms. The minimum Gasteiger partial charge on any atom is -0.478 e. The Bertz CT molecular complexity index is 733. The molecule has 2 aliphatic rings. The standard InChI is InChI=1S/C18H27N7O/c1-23-15(13-24-9-3-4-10-24)21-22-16(23)14-5-11-25(12-6-14)17-18(26-2)20-8-7-19-17/h7-8,14H,3-6,9-13H2,1-2H3. The molecule has 0 unspecified atom stereocenters. The molecule has 26 heavy (non-hydrogen) atoms. The van der Waals surface area contributed by atoms with Crippen molar-refractivity contribution in [1.82, 2.24) is 29.6 Å². The van der Waals surface area contributed by atoms with Crippen LogP contribution in [0.5, 0.6) is 5.88 Å². The third-order valence-corrected chi connectivity index (χ3v) is 5.56. The van der Waals surface area contributed by atoms with Gasteiger partial charge in [-0.3, -0.25) is 4.90 Å². The Morgan fingerprint density at radius 1 is 1.04 bits per heavy atom. The Hall–Kier alpha value is -2.22. The van der Waals surface area contributed by atoms with Gasteiger partial charge in [0, 0.05) is 38.4 Å². The van der Waals surface area contributed by atoms with Crippen LogP contribution in [0.25, 0.3) is 0 Å². The second kappa shape index (κ2) is 7.57. The van der Waals surface area contributed by atoms with Crippen molar-refractivity contribution in [2.24, 2.45) is 7.05 Å². The molecule has 0 N–H and O–H groups in total. The molecule has 0 radical (unpaired) electrons. The van der Waals surface area contributed by atoms with Crippen LogP contribution in [-0.2, 0) is 13.6 Å². The Morgan fingerprint density at radius 3 is 2.50 bits per heavy atom. The van der Waals surface area contributed by atoms with Gasteiger partial charge in [-0.2, -0.15) is 0 Å². The molecule has 0 saturated carbocycles. The van der Waals surface area contributed by atoms with Crippen LogP contribution in [0.4, 0.5) is 5.82 Å². The van der Waals surface area contributed by atoms with E-state index in [9.17, 15) is 0 Å². The molecular formula is C18H27N7O. The maximum atomic E-state index is 5.35. The third kappa shape index (κ3) is 3.38. The van der Waals surface area contributed by atoms with E-state index in [4.69, 9.17) is 4.74 Å². The SMILES string of the molecule is COc1nccnc1N1CCC(c2nnc(CN3CCCC3)n2C)CC1. The number of likely N-dealkylation sites (tertiary alicyclic amines) is 1. The Balaban J connectivity index is 1.41. The van der Waals surface area contributed by atoms with E-state index in [2.05, 4.69) is 41.6 Å². The Morgan fingerprint density at radius 2 is 1.77 bits per heavy atom. The first kappa shape index (κ1) is 17.2. The van der Waals surface area contributed by atoms with Crippen molar-refractivity contribution >= 4 is 5.82 Å². The molecule has 2 fully saturated rings. The number of methoxy groups -OCH3 is 1. The molecule has 8 nitrogen and oxygen atoms in total.